The summed E-state index contributed by atoms with van der Waals surface area (Å²) in [5.41, 5.74) is 1.59. The first-order chi connectivity index (χ1) is 11.2. The van der Waals surface area contributed by atoms with Gasteiger partial charge in [0.1, 0.15) is 11.9 Å². The van der Waals surface area contributed by atoms with Crippen LogP contribution >= 0.6 is 0 Å². The molecule has 1 atom stereocenters. The zero-order valence-electron chi connectivity index (χ0n) is 12.7. The first-order valence-corrected chi connectivity index (χ1v) is 7.42. The second kappa shape index (κ2) is 6.43. The number of anilines is 1. The normalized spacial score (nSPS) is 12.2. The molecule has 0 aliphatic heterocycles. The topological polar surface area (TPSA) is 92.4 Å². The standard InChI is InChI=1S/C16H17N5O2/c1-2-14-18-19-15-9-8-13(20-21(14)15)17-12(16(22)23)10-11-6-4-3-5-7-11/h3-9,12H,2,10H2,1H3,(H,17,20)(H,22,23)/t12-/m0/s1. The van der Waals surface area contributed by atoms with E-state index in [1.54, 1.807) is 16.6 Å². The number of aliphatic carboxylic acids is 1. The van der Waals surface area contributed by atoms with Crippen molar-refractivity contribution in [2.75, 3.05) is 5.32 Å². The number of nitrogens with zero attached hydrogens (tertiary/aromatic N) is 4. The van der Waals surface area contributed by atoms with Crippen LogP contribution in [-0.2, 0) is 17.6 Å². The van der Waals surface area contributed by atoms with Crippen molar-refractivity contribution in [2.45, 2.75) is 25.8 Å². The Morgan fingerprint density at radius 2 is 2.00 bits per heavy atom. The third-order valence-electron chi connectivity index (χ3n) is 3.55. The van der Waals surface area contributed by atoms with Gasteiger partial charge in [-0.1, -0.05) is 37.3 Å². The highest BCUT2D eigenvalue weighted by molar-refractivity contribution is 5.77. The van der Waals surface area contributed by atoms with Crippen LogP contribution < -0.4 is 5.32 Å². The molecule has 0 amide bonds. The number of fused-ring (bicyclic) bond motifs is 1. The number of nitrogens with one attached hydrogen (secondary N) is 1. The monoisotopic (exact) mass is 311 g/mol. The predicted molar refractivity (Wildman–Crippen MR) is 85.4 cm³/mol. The van der Waals surface area contributed by atoms with E-state index in [4.69, 9.17) is 0 Å². The van der Waals surface area contributed by atoms with Gasteiger partial charge in [0.15, 0.2) is 11.5 Å². The van der Waals surface area contributed by atoms with Crippen LogP contribution in [0.15, 0.2) is 42.5 Å². The summed E-state index contributed by atoms with van der Waals surface area (Å²) in [5.74, 6) is 0.295. The van der Waals surface area contributed by atoms with Crippen molar-refractivity contribution in [2.24, 2.45) is 0 Å². The maximum Gasteiger partial charge on any atom is 0.326 e. The molecule has 2 heterocycles. The van der Waals surface area contributed by atoms with Gasteiger partial charge in [0.2, 0.25) is 0 Å². The Morgan fingerprint density at radius 3 is 2.70 bits per heavy atom. The van der Waals surface area contributed by atoms with E-state index in [1.165, 1.54) is 0 Å². The van der Waals surface area contributed by atoms with E-state index in [9.17, 15) is 9.90 Å². The summed E-state index contributed by atoms with van der Waals surface area (Å²) in [6.07, 6.45) is 1.07. The van der Waals surface area contributed by atoms with Crippen molar-refractivity contribution < 1.29 is 9.90 Å². The number of carboxylic acids is 1. The highest BCUT2D eigenvalue weighted by Gasteiger charge is 2.19. The Labute approximate surface area is 133 Å². The Morgan fingerprint density at radius 1 is 1.22 bits per heavy atom. The lowest BCUT2D eigenvalue weighted by atomic mass is 10.1. The lowest BCUT2D eigenvalue weighted by Gasteiger charge is -2.15. The first-order valence-electron chi connectivity index (χ1n) is 7.42. The van der Waals surface area contributed by atoms with Crippen LogP contribution in [0.1, 0.15) is 18.3 Å². The molecule has 0 bridgehead atoms. The molecule has 0 spiro atoms. The molecule has 2 N–H and O–H groups in total. The minimum Gasteiger partial charge on any atom is -0.480 e. The molecule has 2 aromatic heterocycles. The maximum atomic E-state index is 11.5. The Bertz CT molecular complexity index is 816. The molecule has 0 aliphatic carbocycles. The van der Waals surface area contributed by atoms with Crippen molar-refractivity contribution in [3.63, 3.8) is 0 Å². The molecular formula is C16H17N5O2. The maximum absolute atomic E-state index is 11.5. The van der Waals surface area contributed by atoms with Crippen LogP contribution in [0.25, 0.3) is 5.65 Å². The van der Waals surface area contributed by atoms with Crippen molar-refractivity contribution in [1.29, 1.82) is 0 Å². The Hall–Kier alpha value is -2.96. The number of aromatic nitrogens is 4. The fourth-order valence-electron chi connectivity index (χ4n) is 2.36. The minimum absolute atomic E-state index is 0.374. The number of benzene rings is 1. The lowest BCUT2D eigenvalue weighted by molar-refractivity contribution is -0.137. The van der Waals surface area contributed by atoms with E-state index >= 15 is 0 Å². The largest absolute Gasteiger partial charge is 0.480 e. The summed E-state index contributed by atoms with van der Waals surface area (Å²) >= 11 is 0. The van der Waals surface area contributed by atoms with Gasteiger partial charge in [-0.15, -0.1) is 15.3 Å². The van der Waals surface area contributed by atoms with Crippen LogP contribution in [0.3, 0.4) is 0 Å². The van der Waals surface area contributed by atoms with Gasteiger partial charge in [-0.2, -0.15) is 4.52 Å². The third-order valence-corrected chi connectivity index (χ3v) is 3.55. The fraction of sp³-hybridized carbons (Fsp3) is 0.250. The number of hydrogen-bond acceptors (Lipinski definition) is 5. The number of hydrogen-bond donors (Lipinski definition) is 2. The molecule has 0 unspecified atom stereocenters. The van der Waals surface area contributed by atoms with Crippen LogP contribution in [0.5, 0.6) is 0 Å². The Balaban J connectivity index is 1.83. The predicted octanol–water partition coefficient (Wildman–Crippen LogP) is 1.79. The Kier molecular flexibility index (Phi) is 4.18. The SMILES string of the molecule is CCc1nnc2ccc(N[C@@H](Cc3ccccc3)C(=O)O)nn12. The van der Waals surface area contributed by atoms with Crippen molar-refractivity contribution in [3.05, 3.63) is 53.9 Å². The molecule has 0 saturated heterocycles. The van der Waals surface area contributed by atoms with Gasteiger partial charge in [0.25, 0.3) is 0 Å². The van der Waals surface area contributed by atoms with Crippen molar-refractivity contribution >= 4 is 17.4 Å². The molecule has 0 saturated carbocycles. The average Bonchev–Trinajstić information content (AvgIpc) is 2.97. The van der Waals surface area contributed by atoms with E-state index in [1.807, 2.05) is 37.3 Å². The van der Waals surface area contributed by atoms with E-state index in [0.29, 0.717) is 24.3 Å². The highest BCUT2D eigenvalue weighted by Crippen LogP contribution is 2.11. The van der Waals surface area contributed by atoms with Gasteiger partial charge in [-0.05, 0) is 17.7 Å². The fourth-order valence-corrected chi connectivity index (χ4v) is 2.36. The van der Waals surface area contributed by atoms with Gasteiger partial charge in [-0.3, -0.25) is 0 Å². The van der Waals surface area contributed by atoms with Gasteiger partial charge in [0.05, 0.1) is 0 Å². The zero-order valence-corrected chi connectivity index (χ0v) is 12.7. The number of carbonyl (C=O) groups is 1. The van der Waals surface area contributed by atoms with E-state index in [0.717, 1.165) is 11.4 Å². The van der Waals surface area contributed by atoms with Gasteiger partial charge in [-0.25, -0.2) is 4.79 Å². The molecule has 0 radical (unpaired) electrons. The first kappa shape index (κ1) is 15.0. The molecule has 3 rings (SSSR count). The van der Waals surface area contributed by atoms with E-state index in [2.05, 4.69) is 20.6 Å². The van der Waals surface area contributed by atoms with Crippen molar-refractivity contribution in [1.82, 2.24) is 19.8 Å². The molecule has 7 nitrogen and oxygen atoms in total. The van der Waals surface area contributed by atoms with E-state index < -0.39 is 12.0 Å². The smallest absolute Gasteiger partial charge is 0.326 e. The average molecular weight is 311 g/mol. The second-order valence-corrected chi connectivity index (χ2v) is 5.18. The molecule has 23 heavy (non-hydrogen) atoms. The number of rotatable bonds is 6. The highest BCUT2D eigenvalue weighted by atomic mass is 16.4. The lowest BCUT2D eigenvalue weighted by Crippen LogP contribution is -2.32. The van der Waals surface area contributed by atoms with Crippen LogP contribution in [-0.4, -0.2) is 36.9 Å². The summed E-state index contributed by atoms with van der Waals surface area (Å²) in [7, 11) is 0. The molecule has 7 heteroatoms. The quantitative estimate of drug-likeness (QED) is 0.721. The molecule has 0 fully saturated rings. The molecule has 0 aliphatic rings. The van der Waals surface area contributed by atoms with Crippen LogP contribution in [0.4, 0.5) is 5.82 Å². The van der Waals surface area contributed by atoms with Crippen LogP contribution in [0.2, 0.25) is 0 Å². The van der Waals surface area contributed by atoms with Crippen molar-refractivity contribution in [3.8, 4) is 0 Å². The summed E-state index contributed by atoms with van der Waals surface area (Å²) in [6, 6.07) is 12.2. The third kappa shape index (κ3) is 3.28. The molecule has 3 aromatic rings. The summed E-state index contributed by atoms with van der Waals surface area (Å²) < 4.78 is 1.63. The summed E-state index contributed by atoms with van der Waals surface area (Å²) in [4.78, 5) is 11.5. The number of aryl methyl sites for hydroxylation is 1. The van der Waals surface area contributed by atoms with Gasteiger partial charge in [0, 0.05) is 12.8 Å². The summed E-state index contributed by atoms with van der Waals surface area (Å²) in [6.45, 7) is 1.97. The summed E-state index contributed by atoms with van der Waals surface area (Å²) in [5, 5.41) is 24.9. The number of carboxylic acid groups (broad SMARTS) is 1. The second-order valence-electron chi connectivity index (χ2n) is 5.18. The minimum atomic E-state index is -0.921. The van der Waals surface area contributed by atoms with Gasteiger partial charge < -0.3 is 10.4 Å². The van der Waals surface area contributed by atoms with Crippen LogP contribution in [0, 0.1) is 0 Å². The van der Waals surface area contributed by atoms with Gasteiger partial charge >= 0.3 is 5.97 Å². The molecular weight excluding hydrogens is 294 g/mol. The van der Waals surface area contributed by atoms with E-state index in [-0.39, 0.29) is 0 Å². The molecule has 1 aromatic carbocycles. The molecule has 118 valence electrons. The zero-order chi connectivity index (χ0) is 16.2.